The largest absolute Gasteiger partial charge is 0.463 e. The number of H-pyrrole nitrogens is 1. The monoisotopic (exact) mass is 487 g/mol. The second-order valence-corrected chi connectivity index (χ2v) is 8.82. The minimum atomic E-state index is -4.57. The quantitative estimate of drug-likeness (QED) is 0.521. The lowest BCUT2D eigenvalue weighted by Crippen LogP contribution is -2.33. The number of carbonyl (C=O) groups is 2. The molecule has 3 aromatic rings. The summed E-state index contributed by atoms with van der Waals surface area (Å²) in [6.45, 7) is 0.179. The molecule has 4 rings (SSSR count). The molecule has 10 heteroatoms. The summed E-state index contributed by atoms with van der Waals surface area (Å²) in [4.78, 5) is 41.3. The van der Waals surface area contributed by atoms with Gasteiger partial charge in [0, 0.05) is 16.6 Å². The van der Waals surface area contributed by atoms with E-state index in [1.165, 1.54) is 24.3 Å². The summed E-state index contributed by atoms with van der Waals surface area (Å²) in [5.74, 6) is -1.18. The van der Waals surface area contributed by atoms with Gasteiger partial charge in [-0.2, -0.15) is 13.2 Å². The molecule has 1 aliphatic heterocycles. The standard InChI is InChI=1S/C25H24F3N3O4/c1-31(2)12-22(32)35-13-16-11-19(23(33)29-16)14-7-8-15-10-21(30-24(34)18(15)9-14)17-5-3-4-6-20(17)25(26,27)28/h3-10,16,19H,11-13H2,1-2H3,(H,29,33)(H,30,34)/t16?,19-/m0/s1. The van der Waals surface area contributed by atoms with Crippen LogP contribution >= 0.6 is 0 Å². The van der Waals surface area contributed by atoms with Gasteiger partial charge in [-0.25, -0.2) is 0 Å². The van der Waals surface area contributed by atoms with Crippen molar-refractivity contribution in [2.24, 2.45) is 0 Å². The van der Waals surface area contributed by atoms with Crippen LogP contribution in [0, 0.1) is 0 Å². The molecule has 1 amide bonds. The van der Waals surface area contributed by atoms with Gasteiger partial charge in [0.25, 0.3) is 5.56 Å². The summed E-state index contributed by atoms with van der Waals surface area (Å²) < 4.78 is 45.5. The first kappa shape index (κ1) is 24.5. The Labute approximate surface area is 198 Å². The maximum atomic E-state index is 13.4. The van der Waals surface area contributed by atoms with Crippen LogP contribution in [0.3, 0.4) is 0 Å². The number of ether oxygens (including phenoxy) is 1. The fourth-order valence-electron chi connectivity index (χ4n) is 4.25. The average Bonchev–Trinajstić information content (AvgIpc) is 3.17. The Kier molecular flexibility index (Phi) is 6.66. The van der Waals surface area contributed by atoms with Gasteiger partial charge < -0.3 is 15.0 Å². The summed E-state index contributed by atoms with van der Waals surface area (Å²) in [5.41, 5.74) is -0.854. The van der Waals surface area contributed by atoms with Crippen LogP contribution in [-0.4, -0.2) is 55.0 Å². The summed E-state index contributed by atoms with van der Waals surface area (Å²) in [7, 11) is 3.49. The van der Waals surface area contributed by atoms with Gasteiger partial charge in [-0.15, -0.1) is 0 Å². The van der Waals surface area contributed by atoms with Gasteiger partial charge in [-0.05, 0) is 49.7 Å². The smallest absolute Gasteiger partial charge is 0.417 e. The van der Waals surface area contributed by atoms with Crippen LogP contribution in [0.4, 0.5) is 13.2 Å². The molecule has 0 saturated carbocycles. The Morgan fingerprint density at radius 2 is 1.86 bits per heavy atom. The molecule has 1 saturated heterocycles. The minimum absolute atomic E-state index is 0.0467. The maximum absolute atomic E-state index is 13.4. The normalized spacial score (nSPS) is 18.2. The molecule has 35 heavy (non-hydrogen) atoms. The van der Waals surface area contributed by atoms with Crippen LogP contribution in [0.5, 0.6) is 0 Å². The number of hydrogen-bond donors (Lipinski definition) is 2. The second kappa shape index (κ2) is 9.53. The zero-order chi connectivity index (χ0) is 25.3. The molecule has 1 unspecified atom stereocenters. The molecule has 0 spiro atoms. The van der Waals surface area contributed by atoms with Crippen LogP contribution in [-0.2, 0) is 20.5 Å². The molecule has 1 fully saturated rings. The molecule has 2 atom stereocenters. The van der Waals surface area contributed by atoms with Gasteiger partial charge in [-0.1, -0.05) is 30.3 Å². The van der Waals surface area contributed by atoms with E-state index in [4.69, 9.17) is 4.74 Å². The molecular weight excluding hydrogens is 463 g/mol. The third kappa shape index (κ3) is 5.37. The number of likely N-dealkylation sites (N-methyl/N-ethyl adjacent to an activating group) is 1. The van der Waals surface area contributed by atoms with E-state index in [0.717, 1.165) is 6.07 Å². The van der Waals surface area contributed by atoms with Crippen molar-refractivity contribution in [1.29, 1.82) is 0 Å². The van der Waals surface area contributed by atoms with Crippen LogP contribution in [0.1, 0.15) is 23.5 Å². The fraction of sp³-hybridized carbons (Fsp3) is 0.320. The molecule has 7 nitrogen and oxygen atoms in total. The number of rotatable bonds is 6. The minimum Gasteiger partial charge on any atom is -0.463 e. The molecule has 2 aromatic carbocycles. The third-order valence-corrected chi connectivity index (χ3v) is 5.87. The highest BCUT2D eigenvalue weighted by molar-refractivity contribution is 5.90. The van der Waals surface area contributed by atoms with Gasteiger partial charge >= 0.3 is 12.1 Å². The van der Waals surface area contributed by atoms with E-state index in [9.17, 15) is 27.6 Å². The first-order valence-electron chi connectivity index (χ1n) is 11.0. The van der Waals surface area contributed by atoms with Gasteiger partial charge in [0.05, 0.1) is 24.1 Å². The van der Waals surface area contributed by atoms with Gasteiger partial charge in [-0.3, -0.25) is 19.3 Å². The molecular formula is C25H24F3N3O4. The van der Waals surface area contributed by atoms with Crippen molar-refractivity contribution in [3.63, 3.8) is 0 Å². The molecule has 1 aliphatic rings. The highest BCUT2D eigenvalue weighted by Gasteiger charge is 2.35. The number of aromatic amines is 1. The summed E-state index contributed by atoms with van der Waals surface area (Å²) in [6.07, 6.45) is -4.19. The Morgan fingerprint density at radius 1 is 1.11 bits per heavy atom. The zero-order valence-corrected chi connectivity index (χ0v) is 19.1. The number of esters is 1. The summed E-state index contributed by atoms with van der Waals surface area (Å²) in [5, 5.41) is 3.53. The first-order chi connectivity index (χ1) is 16.5. The van der Waals surface area contributed by atoms with E-state index in [1.54, 1.807) is 37.2 Å². The van der Waals surface area contributed by atoms with Crippen LogP contribution in [0.25, 0.3) is 22.0 Å². The Bertz CT molecular complexity index is 1330. The van der Waals surface area contributed by atoms with Crippen molar-refractivity contribution in [3.8, 4) is 11.3 Å². The van der Waals surface area contributed by atoms with Crippen LogP contribution < -0.4 is 10.9 Å². The average molecular weight is 487 g/mol. The van der Waals surface area contributed by atoms with Gasteiger partial charge in [0.1, 0.15) is 6.61 Å². The number of hydrogen-bond acceptors (Lipinski definition) is 5. The number of pyridine rings is 1. The molecule has 184 valence electrons. The number of amides is 1. The lowest BCUT2D eigenvalue weighted by molar-refractivity contribution is -0.145. The van der Waals surface area contributed by atoms with Crippen molar-refractivity contribution in [2.45, 2.75) is 24.6 Å². The fourth-order valence-corrected chi connectivity index (χ4v) is 4.25. The topological polar surface area (TPSA) is 91.5 Å². The Balaban J connectivity index is 1.58. The van der Waals surface area contributed by atoms with E-state index >= 15 is 0 Å². The number of aromatic nitrogens is 1. The number of halogens is 3. The molecule has 2 heterocycles. The van der Waals surface area contributed by atoms with Crippen molar-refractivity contribution in [3.05, 3.63) is 70.0 Å². The van der Waals surface area contributed by atoms with Crippen molar-refractivity contribution in [1.82, 2.24) is 15.2 Å². The molecule has 0 bridgehead atoms. The van der Waals surface area contributed by atoms with Crippen LogP contribution in [0.2, 0.25) is 0 Å². The van der Waals surface area contributed by atoms with E-state index in [2.05, 4.69) is 10.3 Å². The zero-order valence-electron chi connectivity index (χ0n) is 19.1. The number of carbonyl (C=O) groups excluding carboxylic acids is 2. The highest BCUT2D eigenvalue weighted by Crippen LogP contribution is 2.37. The van der Waals surface area contributed by atoms with Crippen LogP contribution in [0.15, 0.2) is 53.3 Å². The highest BCUT2D eigenvalue weighted by atomic mass is 19.4. The van der Waals surface area contributed by atoms with Gasteiger partial charge in [0.2, 0.25) is 5.91 Å². The maximum Gasteiger partial charge on any atom is 0.417 e. The van der Waals surface area contributed by atoms with Crippen molar-refractivity contribution >= 4 is 22.6 Å². The van der Waals surface area contributed by atoms with Crippen molar-refractivity contribution < 1.29 is 27.5 Å². The predicted octanol–water partition coefficient (Wildman–Crippen LogP) is 3.29. The van der Waals surface area contributed by atoms with Crippen molar-refractivity contribution in [2.75, 3.05) is 27.2 Å². The van der Waals surface area contributed by atoms with E-state index in [0.29, 0.717) is 17.4 Å². The number of fused-ring (bicyclic) bond motifs is 1. The Morgan fingerprint density at radius 3 is 2.57 bits per heavy atom. The van der Waals surface area contributed by atoms with E-state index < -0.39 is 29.2 Å². The first-order valence-corrected chi connectivity index (χ1v) is 11.0. The molecule has 0 radical (unpaired) electrons. The summed E-state index contributed by atoms with van der Waals surface area (Å²) in [6, 6.07) is 11.1. The lowest BCUT2D eigenvalue weighted by Gasteiger charge is -2.14. The second-order valence-electron chi connectivity index (χ2n) is 8.82. The van der Waals surface area contributed by atoms with E-state index in [1.807, 2.05) is 0 Å². The number of nitrogens with zero attached hydrogens (tertiary/aromatic N) is 1. The number of nitrogens with one attached hydrogen (secondary N) is 2. The molecule has 1 aromatic heterocycles. The van der Waals surface area contributed by atoms with E-state index in [-0.39, 0.29) is 41.7 Å². The number of alkyl halides is 3. The van der Waals surface area contributed by atoms with Gasteiger partial charge in [0.15, 0.2) is 0 Å². The summed E-state index contributed by atoms with van der Waals surface area (Å²) >= 11 is 0. The SMILES string of the molecule is CN(C)CC(=O)OCC1C[C@@H](c2ccc3cc(-c4ccccc4C(F)(F)F)[nH]c(=O)c3c2)C(=O)N1. The number of benzene rings is 2. The third-order valence-electron chi connectivity index (χ3n) is 5.87. The molecule has 0 aliphatic carbocycles. The predicted molar refractivity (Wildman–Crippen MR) is 124 cm³/mol. The lowest BCUT2D eigenvalue weighted by atomic mass is 9.93. The Hall–Kier alpha value is -3.66. The molecule has 2 N–H and O–H groups in total.